The zero-order valence-corrected chi connectivity index (χ0v) is 18.7. The van der Waals surface area contributed by atoms with Crippen LogP contribution in [0.25, 0.3) is 0 Å². The van der Waals surface area contributed by atoms with E-state index >= 15 is 0 Å². The van der Waals surface area contributed by atoms with Gasteiger partial charge in [0.1, 0.15) is 11.9 Å². The minimum absolute atomic E-state index is 0.139. The summed E-state index contributed by atoms with van der Waals surface area (Å²) in [5, 5.41) is 4.73. The minimum atomic E-state index is -3.25. The molecule has 29 heavy (non-hydrogen) atoms. The van der Waals surface area contributed by atoms with Gasteiger partial charge in [0, 0.05) is 47.5 Å². The fourth-order valence-electron chi connectivity index (χ4n) is 4.25. The molecular formula is C21H24Cl2N2O3S. The predicted molar refractivity (Wildman–Crippen MR) is 116 cm³/mol. The van der Waals surface area contributed by atoms with Crippen molar-refractivity contribution in [1.29, 1.82) is 0 Å². The maximum Gasteiger partial charge on any atom is 0.175 e. The van der Waals surface area contributed by atoms with E-state index in [9.17, 15) is 8.42 Å². The minimum Gasteiger partial charge on any atom is -0.484 e. The maximum atomic E-state index is 11.7. The summed E-state index contributed by atoms with van der Waals surface area (Å²) in [4.78, 5) is 2.72. The first-order valence-corrected chi connectivity index (χ1v) is 12.3. The van der Waals surface area contributed by atoms with Gasteiger partial charge in [0.15, 0.2) is 9.84 Å². The number of fused-ring (bicyclic) bond motifs is 1. The molecule has 2 aromatic carbocycles. The Hall–Kier alpha value is -1.31. The molecule has 1 aliphatic heterocycles. The number of nitrogens with one attached hydrogen (secondary N) is 1. The molecule has 1 heterocycles. The molecule has 1 unspecified atom stereocenters. The molecule has 0 aromatic heterocycles. The number of halogens is 2. The lowest BCUT2D eigenvalue weighted by Gasteiger charge is -2.38. The summed E-state index contributed by atoms with van der Waals surface area (Å²) >= 11 is 12.8. The Labute approximate surface area is 181 Å². The van der Waals surface area contributed by atoms with Gasteiger partial charge in [-0.3, -0.25) is 4.90 Å². The summed E-state index contributed by atoms with van der Waals surface area (Å²) in [7, 11) is -3.25. The largest absolute Gasteiger partial charge is 0.484 e. The molecule has 0 bridgehead atoms. The molecule has 1 aliphatic carbocycles. The molecule has 0 amide bonds. The van der Waals surface area contributed by atoms with Crippen molar-refractivity contribution in [1.82, 2.24) is 10.2 Å². The molecule has 2 aliphatic rings. The highest BCUT2D eigenvalue weighted by Crippen LogP contribution is 2.42. The van der Waals surface area contributed by atoms with Gasteiger partial charge in [-0.1, -0.05) is 23.2 Å². The van der Waals surface area contributed by atoms with Crippen molar-refractivity contribution < 1.29 is 13.2 Å². The Bertz CT molecular complexity index is 1010. The Morgan fingerprint density at radius 3 is 2.55 bits per heavy atom. The van der Waals surface area contributed by atoms with E-state index in [1.54, 1.807) is 30.3 Å². The Balaban J connectivity index is 1.67. The number of nitrogens with zero attached hydrogens (tertiary/aromatic N) is 1. The van der Waals surface area contributed by atoms with Crippen molar-refractivity contribution in [2.45, 2.75) is 36.4 Å². The SMILES string of the molecule is CC1CN([C@H]2Cc3c(Cl)cc(Cl)cc3[C@@H]2Oc2ccc(S(C)(=O)=O)cc2)CCN1. The average Bonchev–Trinajstić information content (AvgIpc) is 3.00. The van der Waals surface area contributed by atoms with Crippen molar-refractivity contribution >= 4 is 33.0 Å². The monoisotopic (exact) mass is 454 g/mol. The normalized spacial score (nSPS) is 25.0. The Morgan fingerprint density at radius 2 is 1.90 bits per heavy atom. The number of piperazine rings is 1. The van der Waals surface area contributed by atoms with E-state index < -0.39 is 9.84 Å². The second kappa shape index (κ2) is 8.08. The molecular weight excluding hydrogens is 431 g/mol. The highest BCUT2D eigenvalue weighted by Gasteiger charge is 2.40. The fourth-order valence-corrected chi connectivity index (χ4v) is 5.47. The Kier molecular flexibility index (Phi) is 5.84. The van der Waals surface area contributed by atoms with Crippen LogP contribution in [0.3, 0.4) is 0 Å². The van der Waals surface area contributed by atoms with Crippen molar-refractivity contribution in [3.8, 4) is 5.75 Å². The van der Waals surface area contributed by atoms with Gasteiger partial charge in [-0.25, -0.2) is 8.42 Å². The van der Waals surface area contributed by atoms with Crippen LogP contribution < -0.4 is 10.1 Å². The van der Waals surface area contributed by atoms with Gasteiger partial charge >= 0.3 is 0 Å². The van der Waals surface area contributed by atoms with Gasteiger partial charge in [-0.15, -0.1) is 0 Å². The van der Waals surface area contributed by atoms with Gasteiger partial charge in [-0.05, 0) is 55.3 Å². The highest BCUT2D eigenvalue weighted by atomic mass is 35.5. The van der Waals surface area contributed by atoms with E-state index in [2.05, 4.69) is 17.1 Å². The molecule has 3 atom stereocenters. The van der Waals surface area contributed by atoms with Gasteiger partial charge in [0.05, 0.1) is 10.9 Å². The Morgan fingerprint density at radius 1 is 1.17 bits per heavy atom. The molecule has 1 N–H and O–H groups in total. The molecule has 5 nitrogen and oxygen atoms in total. The molecule has 4 rings (SSSR count). The third kappa shape index (κ3) is 4.42. The first kappa shape index (κ1) is 20.9. The maximum absolute atomic E-state index is 11.7. The molecule has 2 aromatic rings. The molecule has 0 radical (unpaired) electrons. The van der Waals surface area contributed by atoms with Crippen LogP contribution in [0.1, 0.15) is 24.2 Å². The van der Waals surface area contributed by atoms with E-state index in [-0.39, 0.29) is 17.0 Å². The first-order chi connectivity index (χ1) is 13.7. The number of hydrogen-bond acceptors (Lipinski definition) is 5. The van der Waals surface area contributed by atoms with Crippen LogP contribution in [0.5, 0.6) is 5.75 Å². The summed E-state index contributed by atoms with van der Waals surface area (Å²) in [6.45, 7) is 4.97. The molecule has 1 saturated heterocycles. The van der Waals surface area contributed by atoms with E-state index in [0.29, 0.717) is 21.8 Å². The molecule has 8 heteroatoms. The predicted octanol–water partition coefficient (Wildman–Crippen LogP) is 3.74. The highest BCUT2D eigenvalue weighted by molar-refractivity contribution is 7.90. The number of hydrogen-bond donors (Lipinski definition) is 1. The van der Waals surface area contributed by atoms with Crippen LogP contribution in [-0.4, -0.2) is 51.3 Å². The molecule has 0 spiro atoms. The second-order valence-corrected chi connectivity index (χ2v) is 10.7. The second-order valence-electron chi connectivity index (χ2n) is 7.86. The van der Waals surface area contributed by atoms with E-state index in [1.807, 2.05) is 6.07 Å². The number of sulfone groups is 1. The fraction of sp³-hybridized carbons (Fsp3) is 0.429. The van der Waals surface area contributed by atoms with E-state index in [0.717, 1.165) is 37.2 Å². The number of rotatable bonds is 4. The lowest BCUT2D eigenvalue weighted by molar-refractivity contribution is 0.0595. The van der Waals surface area contributed by atoms with Gasteiger partial charge in [0.2, 0.25) is 0 Å². The van der Waals surface area contributed by atoms with Gasteiger partial charge in [0.25, 0.3) is 0 Å². The van der Waals surface area contributed by atoms with Crippen molar-refractivity contribution in [3.05, 3.63) is 57.6 Å². The zero-order valence-electron chi connectivity index (χ0n) is 16.4. The van der Waals surface area contributed by atoms with E-state index in [1.165, 1.54) is 6.26 Å². The van der Waals surface area contributed by atoms with Crippen LogP contribution in [0.15, 0.2) is 41.3 Å². The number of benzene rings is 2. The first-order valence-electron chi connectivity index (χ1n) is 9.64. The van der Waals surface area contributed by atoms with Crippen molar-refractivity contribution in [2.75, 3.05) is 25.9 Å². The van der Waals surface area contributed by atoms with Gasteiger partial charge < -0.3 is 10.1 Å². The molecule has 0 saturated carbocycles. The van der Waals surface area contributed by atoms with Crippen molar-refractivity contribution in [2.24, 2.45) is 0 Å². The van der Waals surface area contributed by atoms with Gasteiger partial charge in [-0.2, -0.15) is 0 Å². The summed E-state index contributed by atoms with van der Waals surface area (Å²) < 4.78 is 29.9. The lowest BCUT2D eigenvalue weighted by atomic mass is 10.1. The van der Waals surface area contributed by atoms with Crippen LogP contribution in [-0.2, 0) is 16.3 Å². The summed E-state index contributed by atoms with van der Waals surface area (Å²) in [5.74, 6) is 0.625. The quantitative estimate of drug-likeness (QED) is 0.762. The third-order valence-corrected chi connectivity index (χ3v) is 7.33. The zero-order chi connectivity index (χ0) is 20.8. The smallest absolute Gasteiger partial charge is 0.175 e. The summed E-state index contributed by atoms with van der Waals surface area (Å²) in [6, 6.07) is 10.8. The number of ether oxygens (including phenoxy) is 1. The van der Waals surface area contributed by atoms with Crippen molar-refractivity contribution in [3.63, 3.8) is 0 Å². The third-order valence-electron chi connectivity index (χ3n) is 5.65. The molecule has 156 valence electrons. The summed E-state index contributed by atoms with van der Waals surface area (Å²) in [6.07, 6.45) is 1.77. The average molecular weight is 455 g/mol. The van der Waals surface area contributed by atoms with Crippen LogP contribution >= 0.6 is 23.2 Å². The molecule has 1 fully saturated rings. The van der Waals surface area contributed by atoms with Crippen LogP contribution in [0.2, 0.25) is 10.0 Å². The van der Waals surface area contributed by atoms with Crippen LogP contribution in [0.4, 0.5) is 0 Å². The summed E-state index contributed by atoms with van der Waals surface area (Å²) in [5.41, 5.74) is 2.08. The standard InChI is InChI=1S/C21H24Cl2N2O3S/c1-13-12-25(8-7-24-13)20-11-17-18(9-14(22)10-19(17)23)21(20)28-15-3-5-16(6-4-15)29(2,26)27/h3-6,9-10,13,20-21,24H,7-8,11-12H2,1-2H3/t13?,20-,21-/m0/s1. The van der Waals surface area contributed by atoms with Crippen LogP contribution in [0, 0.1) is 0 Å². The topological polar surface area (TPSA) is 58.6 Å². The van der Waals surface area contributed by atoms with E-state index in [4.69, 9.17) is 27.9 Å². The lowest BCUT2D eigenvalue weighted by Crippen LogP contribution is -2.54.